The molecule has 2 unspecified atom stereocenters. The van der Waals surface area contributed by atoms with E-state index in [-0.39, 0.29) is 24.9 Å². The zero-order valence-electron chi connectivity index (χ0n) is 15.7. The van der Waals surface area contributed by atoms with Gasteiger partial charge in [0.05, 0.1) is 19.3 Å². The fourth-order valence-electron chi connectivity index (χ4n) is 3.60. The third-order valence-corrected chi connectivity index (χ3v) is 5.25. The highest BCUT2D eigenvalue weighted by atomic mass is 16.8. The van der Waals surface area contributed by atoms with Gasteiger partial charge in [-0.05, 0) is 0 Å². The van der Waals surface area contributed by atoms with Crippen LogP contribution in [0.3, 0.4) is 0 Å². The first-order valence-corrected chi connectivity index (χ1v) is 9.37. The summed E-state index contributed by atoms with van der Waals surface area (Å²) >= 11 is 0. The Morgan fingerprint density at radius 1 is 0.852 bits per heavy atom. The Hall–Kier alpha value is -1.76. The average molecular weight is 370 g/mol. The van der Waals surface area contributed by atoms with Gasteiger partial charge in [-0.1, -0.05) is 74.5 Å². The first-order valence-electron chi connectivity index (χ1n) is 9.37. The Kier molecular flexibility index (Phi) is 5.30. The molecule has 2 fully saturated rings. The highest BCUT2D eigenvalue weighted by Gasteiger charge is 2.50. The van der Waals surface area contributed by atoms with Crippen LogP contribution >= 0.6 is 0 Å². The molecule has 2 aliphatic heterocycles. The predicted octanol–water partition coefficient (Wildman–Crippen LogP) is 3.60. The van der Waals surface area contributed by atoms with Crippen LogP contribution in [0.15, 0.2) is 60.7 Å². The molecule has 5 atom stereocenters. The summed E-state index contributed by atoms with van der Waals surface area (Å²) in [5.41, 5.74) is 1.42. The van der Waals surface area contributed by atoms with Gasteiger partial charge in [0.2, 0.25) is 0 Å². The maximum atomic E-state index is 9.97. The lowest BCUT2D eigenvalue weighted by atomic mass is 9.81. The monoisotopic (exact) mass is 370 g/mol. The Labute approximate surface area is 159 Å². The third kappa shape index (κ3) is 3.79. The van der Waals surface area contributed by atoms with Crippen LogP contribution in [0.5, 0.6) is 0 Å². The fraction of sp³-hybridized carbons (Fsp3) is 0.455. The molecule has 2 heterocycles. The predicted molar refractivity (Wildman–Crippen MR) is 99.8 cm³/mol. The molecule has 0 aromatic heterocycles. The van der Waals surface area contributed by atoms with Crippen molar-refractivity contribution >= 4 is 0 Å². The second-order valence-corrected chi connectivity index (χ2v) is 7.80. The van der Waals surface area contributed by atoms with E-state index in [9.17, 15) is 5.11 Å². The Morgan fingerprint density at radius 2 is 1.44 bits per heavy atom. The average Bonchev–Trinajstić information content (AvgIpc) is 2.73. The van der Waals surface area contributed by atoms with Crippen LogP contribution in [0.4, 0.5) is 0 Å². The van der Waals surface area contributed by atoms with E-state index >= 15 is 0 Å². The number of hydrogen-bond acceptors (Lipinski definition) is 5. The maximum Gasteiger partial charge on any atom is 0.184 e. The van der Waals surface area contributed by atoms with Gasteiger partial charge < -0.3 is 24.1 Å². The number of fused-ring (bicyclic) bond motifs is 1. The molecule has 2 aromatic rings. The molecular formula is C22H26O5. The van der Waals surface area contributed by atoms with Crippen molar-refractivity contribution in [3.8, 4) is 0 Å². The van der Waals surface area contributed by atoms with Gasteiger partial charge >= 0.3 is 0 Å². The number of ether oxygens (including phenoxy) is 4. The number of rotatable bonds is 4. The molecule has 4 rings (SSSR count). The van der Waals surface area contributed by atoms with Crippen molar-refractivity contribution in [2.24, 2.45) is 5.41 Å². The van der Waals surface area contributed by atoms with Gasteiger partial charge in [0.1, 0.15) is 12.2 Å². The molecule has 2 aromatic carbocycles. The van der Waals surface area contributed by atoms with Crippen LogP contribution < -0.4 is 0 Å². The van der Waals surface area contributed by atoms with Crippen molar-refractivity contribution in [3.63, 3.8) is 0 Å². The van der Waals surface area contributed by atoms with E-state index in [1.807, 2.05) is 74.5 Å². The van der Waals surface area contributed by atoms with E-state index in [2.05, 4.69) is 0 Å². The molecule has 0 amide bonds. The van der Waals surface area contributed by atoms with Crippen molar-refractivity contribution in [1.82, 2.24) is 0 Å². The van der Waals surface area contributed by atoms with Crippen molar-refractivity contribution < 1.29 is 24.1 Å². The van der Waals surface area contributed by atoms with E-state index < -0.39 is 18.0 Å². The van der Waals surface area contributed by atoms with Gasteiger partial charge in [0, 0.05) is 16.5 Å². The molecule has 0 spiro atoms. The van der Waals surface area contributed by atoms with E-state index in [1.54, 1.807) is 0 Å². The summed E-state index contributed by atoms with van der Waals surface area (Å²) in [6, 6.07) is 19.7. The lowest BCUT2D eigenvalue weighted by molar-refractivity contribution is -0.377. The quantitative estimate of drug-likeness (QED) is 0.891. The summed E-state index contributed by atoms with van der Waals surface area (Å²) < 4.78 is 24.7. The molecule has 1 N–H and O–H groups in total. The van der Waals surface area contributed by atoms with Crippen LogP contribution in [0.25, 0.3) is 0 Å². The second-order valence-electron chi connectivity index (χ2n) is 7.80. The van der Waals surface area contributed by atoms with Crippen LogP contribution in [0.2, 0.25) is 0 Å². The largest absolute Gasteiger partial charge is 0.396 e. The molecule has 0 aliphatic carbocycles. The van der Waals surface area contributed by atoms with Crippen molar-refractivity contribution in [1.29, 1.82) is 0 Å². The SMILES string of the molecule is CC(C)(CO)[C@H]1OC(c2ccccc2)O[C@H]2COC(c3ccccc3)O[C@H]21. The second kappa shape index (κ2) is 7.70. The Balaban J connectivity index is 1.60. The molecule has 144 valence electrons. The molecule has 5 heteroatoms. The molecule has 0 bridgehead atoms. The lowest BCUT2D eigenvalue weighted by Gasteiger charge is -2.50. The molecular weight excluding hydrogens is 344 g/mol. The fourth-order valence-corrected chi connectivity index (χ4v) is 3.60. The molecule has 27 heavy (non-hydrogen) atoms. The first kappa shape index (κ1) is 18.6. The zero-order valence-corrected chi connectivity index (χ0v) is 15.7. The van der Waals surface area contributed by atoms with E-state index in [0.29, 0.717) is 6.61 Å². The highest BCUT2D eigenvalue weighted by Crippen LogP contribution is 2.43. The van der Waals surface area contributed by atoms with E-state index in [0.717, 1.165) is 11.1 Å². The highest BCUT2D eigenvalue weighted by molar-refractivity contribution is 5.18. The van der Waals surface area contributed by atoms with Crippen LogP contribution in [0.1, 0.15) is 37.6 Å². The summed E-state index contributed by atoms with van der Waals surface area (Å²) in [4.78, 5) is 0. The lowest BCUT2D eigenvalue weighted by Crippen LogP contribution is -2.59. The molecule has 2 aliphatic rings. The zero-order chi connectivity index (χ0) is 18.9. The van der Waals surface area contributed by atoms with Gasteiger partial charge in [-0.2, -0.15) is 0 Å². The van der Waals surface area contributed by atoms with Crippen LogP contribution in [-0.4, -0.2) is 36.6 Å². The molecule has 2 saturated heterocycles. The van der Waals surface area contributed by atoms with Gasteiger partial charge in [0.15, 0.2) is 12.6 Å². The summed E-state index contributed by atoms with van der Waals surface area (Å²) in [7, 11) is 0. The molecule has 5 nitrogen and oxygen atoms in total. The van der Waals surface area contributed by atoms with Crippen LogP contribution in [-0.2, 0) is 18.9 Å². The van der Waals surface area contributed by atoms with Gasteiger partial charge in [0.25, 0.3) is 0 Å². The number of aliphatic hydroxyl groups is 1. The standard InChI is InChI=1S/C22H26O5/c1-22(2,14-23)19-18-17(25-21(27-19)16-11-7-4-8-12-16)13-24-20(26-18)15-9-5-3-6-10-15/h3-12,17-21,23H,13-14H2,1-2H3/t17-,18+,19-,20?,21?/m0/s1. The number of aliphatic hydroxyl groups excluding tert-OH is 1. The molecule has 0 radical (unpaired) electrons. The normalized spacial score (nSPS) is 31.3. The van der Waals surface area contributed by atoms with Crippen molar-refractivity contribution in [3.05, 3.63) is 71.8 Å². The van der Waals surface area contributed by atoms with Crippen molar-refractivity contribution in [2.75, 3.05) is 13.2 Å². The van der Waals surface area contributed by atoms with E-state index in [4.69, 9.17) is 18.9 Å². The minimum Gasteiger partial charge on any atom is -0.396 e. The van der Waals surface area contributed by atoms with E-state index in [1.165, 1.54) is 0 Å². The molecule has 0 saturated carbocycles. The summed E-state index contributed by atoms with van der Waals surface area (Å²) in [6.45, 7) is 4.37. The summed E-state index contributed by atoms with van der Waals surface area (Å²) in [6.07, 6.45) is -1.90. The van der Waals surface area contributed by atoms with Gasteiger partial charge in [-0.3, -0.25) is 0 Å². The maximum absolute atomic E-state index is 9.97. The van der Waals surface area contributed by atoms with Crippen molar-refractivity contribution in [2.45, 2.75) is 44.7 Å². The topological polar surface area (TPSA) is 57.2 Å². The Bertz CT molecular complexity index is 733. The van der Waals surface area contributed by atoms with Crippen LogP contribution in [0, 0.1) is 5.41 Å². The summed E-state index contributed by atoms with van der Waals surface area (Å²) in [5, 5.41) is 9.97. The number of hydrogen-bond donors (Lipinski definition) is 1. The summed E-state index contributed by atoms with van der Waals surface area (Å²) in [5.74, 6) is 0. The van der Waals surface area contributed by atoms with Gasteiger partial charge in [-0.25, -0.2) is 0 Å². The third-order valence-electron chi connectivity index (χ3n) is 5.25. The Morgan fingerprint density at radius 3 is 2.04 bits per heavy atom. The smallest absolute Gasteiger partial charge is 0.184 e. The van der Waals surface area contributed by atoms with Gasteiger partial charge in [-0.15, -0.1) is 0 Å². The minimum absolute atomic E-state index is 0.0113. The first-order chi connectivity index (χ1) is 13.1. The number of benzene rings is 2. The minimum atomic E-state index is -0.510.